The number of benzene rings is 1. The van der Waals surface area contributed by atoms with Crippen molar-refractivity contribution in [2.45, 2.75) is 0 Å². The van der Waals surface area contributed by atoms with E-state index in [1.54, 1.807) is 24.3 Å². The summed E-state index contributed by atoms with van der Waals surface area (Å²) in [4.78, 5) is 11.6. The average Bonchev–Trinajstić information content (AvgIpc) is 2.75. The Morgan fingerprint density at radius 1 is 1.39 bits per heavy atom. The molecule has 1 aromatic heterocycles. The van der Waals surface area contributed by atoms with Crippen LogP contribution in [-0.4, -0.2) is 17.2 Å². The predicted octanol–water partition coefficient (Wildman–Crippen LogP) is 2.51. The van der Waals surface area contributed by atoms with Gasteiger partial charge in [0.2, 0.25) is 0 Å². The molecule has 0 radical (unpaired) electrons. The lowest BCUT2D eigenvalue weighted by Gasteiger charge is -1.99. The van der Waals surface area contributed by atoms with E-state index in [4.69, 9.17) is 4.42 Å². The zero-order valence-corrected chi connectivity index (χ0v) is 10.7. The molecule has 1 heterocycles. The molecule has 18 heavy (non-hydrogen) atoms. The van der Waals surface area contributed by atoms with Gasteiger partial charge in [-0.05, 0) is 46.3 Å². The summed E-state index contributed by atoms with van der Waals surface area (Å²) in [5.74, 6) is 0.132. The van der Waals surface area contributed by atoms with Gasteiger partial charge in [0.05, 0.1) is 6.21 Å². The molecule has 0 bridgehead atoms. The minimum Gasteiger partial charge on any atom is -0.508 e. The van der Waals surface area contributed by atoms with Crippen molar-refractivity contribution in [2.75, 3.05) is 0 Å². The summed E-state index contributed by atoms with van der Waals surface area (Å²) < 4.78 is 5.75. The van der Waals surface area contributed by atoms with E-state index in [2.05, 4.69) is 26.5 Å². The molecular weight excluding hydrogens is 300 g/mol. The maximum atomic E-state index is 11.6. The lowest BCUT2D eigenvalue weighted by molar-refractivity contribution is 0.0954. The standard InChI is InChI=1S/C12H9BrN2O3/c13-11-5-4-10(18-11)7-14-15-12(17)8-2-1-3-9(16)6-8/h1-7,16H,(H,15,17)/b14-7+. The smallest absolute Gasteiger partial charge is 0.271 e. The molecule has 1 amide bonds. The first-order valence-electron chi connectivity index (χ1n) is 5.03. The number of phenolic OH excluding ortho intramolecular Hbond substituents is 1. The van der Waals surface area contributed by atoms with Crippen molar-refractivity contribution >= 4 is 28.1 Å². The van der Waals surface area contributed by atoms with Gasteiger partial charge in [0.25, 0.3) is 5.91 Å². The van der Waals surface area contributed by atoms with Gasteiger partial charge >= 0.3 is 0 Å². The van der Waals surface area contributed by atoms with Gasteiger partial charge in [-0.2, -0.15) is 5.10 Å². The van der Waals surface area contributed by atoms with E-state index >= 15 is 0 Å². The lowest BCUT2D eigenvalue weighted by atomic mass is 10.2. The third-order valence-electron chi connectivity index (χ3n) is 2.06. The Hall–Kier alpha value is -2.08. The van der Waals surface area contributed by atoms with Crippen molar-refractivity contribution in [2.24, 2.45) is 5.10 Å². The van der Waals surface area contributed by atoms with Crippen LogP contribution in [0.25, 0.3) is 0 Å². The fraction of sp³-hybridized carbons (Fsp3) is 0. The molecule has 0 atom stereocenters. The summed E-state index contributed by atoms with van der Waals surface area (Å²) >= 11 is 3.15. The van der Waals surface area contributed by atoms with Crippen LogP contribution in [0, 0.1) is 0 Å². The monoisotopic (exact) mass is 308 g/mol. The Labute approximate surface area is 111 Å². The molecule has 6 heteroatoms. The Kier molecular flexibility index (Phi) is 3.78. The minimum atomic E-state index is -0.409. The first kappa shape index (κ1) is 12.4. The summed E-state index contributed by atoms with van der Waals surface area (Å²) in [5, 5.41) is 13.0. The van der Waals surface area contributed by atoms with Gasteiger partial charge in [0, 0.05) is 5.56 Å². The average molecular weight is 309 g/mol. The first-order valence-corrected chi connectivity index (χ1v) is 5.82. The number of carbonyl (C=O) groups excluding carboxylic acids is 1. The Balaban J connectivity index is 1.98. The zero-order chi connectivity index (χ0) is 13.0. The molecule has 1 aromatic carbocycles. The minimum absolute atomic E-state index is 0.0293. The summed E-state index contributed by atoms with van der Waals surface area (Å²) in [7, 11) is 0. The summed E-state index contributed by atoms with van der Waals surface area (Å²) in [6.07, 6.45) is 1.38. The van der Waals surface area contributed by atoms with Gasteiger partial charge in [-0.25, -0.2) is 5.43 Å². The van der Waals surface area contributed by atoms with Crippen LogP contribution in [0.3, 0.4) is 0 Å². The van der Waals surface area contributed by atoms with Crippen molar-refractivity contribution < 1.29 is 14.3 Å². The van der Waals surface area contributed by atoms with E-state index in [0.717, 1.165) is 0 Å². The third kappa shape index (κ3) is 3.21. The molecule has 2 aromatic rings. The van der Waals surface area contributed by atoms with E-state index in [0.29, 0.717) is 16.0 Å². The highest BCUT2D eigenvalue weighted by Crippen LogP contribution is 2.12. The number of rotatable bonds is 3. The van der Waals surface area contributed by atoms with Crippen LogP contribution in [0.5, 0.6) is 5.75 Å². The molecule has 92 valence electrons. The van der Waals surface area contributed by atoms with Gasteiger partial charge < -0.3 is 9.52 Å². The molecular formula is C12H9BrN2O3. The summed E-state index contributed by atoms with van der Waals surface area (Å²) in [6.45, 7) is 0. The van der Waals surface area contributed by atoms with Crippen molar-refractivity contribution in [3.05, 3.63) is 52.4 Å². The van der Waals surface area contributed by atoms with Gasteiger partial charge in [0.15, 0.2) is 4.67 Å². The van der Waals surface area contributed by atoms with Crippen molar-refractivity contribution in [1.29, 1.82) is 0 Å². The largest absolute Gasteiger partial charge is 0.508 e. The van der Waals surface area contributed by atoms with Gasteiger partial charge in [-0.1, -0.05) is 6.07 Å². The second-order valence-corrected chi connectivity index (χ2v) is 4.17. The Bertz CT molecular complexity index is 593. The highest BCUT2D eigenvalue weighted by molar-refractivity contribution is 9.10. The number of hydrogen-bond acceptors (Lipinski definition) is 4. The molecule has 5 nitrogen and oxygen atoms in total. The maximum absolute atomic E-state index is 11.6. The molecule has 2 N–H and O–H groups in total. The molecule has 0 saturated heterocycles. The fourth-order valence-electron chi connectivity index (χ4n) is 1.26. The van der Waals surface area contributed by atoms with E-state index in [1.807, 2.05) is 0 Å². The number of nitrogens with one attached hydrogen (secondary N) is 1. The number of nitrogens with zero attached hydrogens (tertiary/aromatic N) is 1. The molecule has 0 fully saturated rings. The summed E-state index contributed by atoms with van der Waals surface area (Å²) in [5.41, 5.74) is 2.65. The third-order valence-corrected chi connectivity index (χ3v) is 2.49. The summed E-state index contributed by atoms with van der Waals surface area (Å²) in [6, 6.07) is 9.42. The predicted molar refractivity (Wildman–Crippen MR) is 69.6 cm³/mol. The first-order chi connectivity index (χ1) is 8.65. The van der Waals surface area contributed by atoms with E-state index in [-0.39, 0.29) is 5.75 Å². The zero-order valence-electron chi connectivity index (χ0n) is 9.13. The van der Waals surface area contributed by atoms with Crippen LogP contribution in [0.2, 0.25) is 0 Å². The van der Waals surface area contributed by atoms with Gasteiger partial charge in [-0.3, -0.25) is 4.79 Å². The quantitative estimate of drug-likeness (QED) is 0.676. The molecule has 0 aliphatic heterocycles. The molecule has 0 unspecified atom stereocenters. The molecule has 0 saturated carbocycles. The molecule has 0 aliphatic rings. The van der Waals surface area contributed by atoms with Crippen LogP contribution >= 0.6 is 15.9 Å². The topological polar surface area (TPSA) is 74.8 Å². The van der Waals surface area contributed by atoms with Crippen LogP contribution in [-0.2, 0) is 0 Å². The van der Waals surface area contributed by atoms with Crippen molar-refractivity contribution in [3.63, 3.8) is 0 Å². The highest BCUT2D eigenvalue weighted by Gasteiger charge is 2.04. The number of carbonyl (C=O) groups is 1. The van der Waals surface area contributed by atoms with Crippen molar-refractivity contribution in [1.82, 2.24) is 5.43 Å². The highest BCUT2D eigenvalue weighted by atomic mass is 79.9. The number of amides is 1. The van der Waals surface area contributed by atoms with E-state index in [9.17, 15) is 9.90 Å². The lowest BCUT2D eigenvalue weighted by Crippen LogP contribution is -2.17. The number of aromatic hydroxyl groups is 1. The van der Waals surface area contributed by atoms with Crippen LogP contribution < -0.4 is 5.43 Å². The van der Waals surface area contributed by atoms with Crippen molar-refractivity contribution in [3.8, 4) is 5.75 Å². The molecule has 2 rings (SSSR count). The number of hydrazone groups is 1. The van der Waals surface area contributed by atoms with Crippen LogP contribution in [0.15, 0.2) is 50.6 Å². The van der Waals surface area contributed by atoms with E-state index < -0.39 is 5.91 Å². The van der Waals surface area contributed by atoms with Crippen LogP contribution in [0.1, 0.15) is 16.1 Å². The number of halogens is 1. The second kappa shape index (κ2) is 5.50. The second-order valence-electron chi connectivity index (χ2n) is 3.39. The number of furan rings is 1. The fourth-order valence-corrected chi connectivity index (χ4v) is 1.58. The molecule has 0 spiro atoms. The van der Waals surface area contributed by atoms with Gasteiger partial charge in [-0.15, -0.1) is 0 Å². The molecule has 0 aliphatic carbocycles. The maximum Gasteiger partial charge on any atom is 0.271 e. The SMILES string of the molecule is O=C(N/N=C/c1ccc(Br)o1)c1cccc(O)c1. The number of phenols is 1. The van der Waals surface area contributed by atoms with E-state index in [1.165, 1.54) is 18.3 Å². The van der Waals surface area contributed by atoms with Crippen LogP contribution in [0.4, 0.5) is 0 Å². The Morgan fingerprint density at radius 2 is 2.22 bits per heavy atom. The Morgan fingerprint density at radius 3 is 2.89 bits per heavy atom. The number of hydrogen-bond donors (Lipinski definition) is 2. The normalized spacial score (nSPS) is 10.7. The van der Waals surface area contributed by atoms with Gasteiger partial charge in [0.1, 0.15) is 11.5 Å².